The molecule has 0 aromatic carbocycles. The normalized spacial score (nSPS) is 26.8. The Bertz CT molecular complexity index is 318. The molecular weight excluding hydrogens is 158 g/mol. The van der Waals surface area contributed by atoms with E-state index >= 15 is 0 Å². The topological polar surface area (TPSA) is 12.4 Å². The molecule has 0 saturated carbocycles. The van der Waals surface area contributed by atoms with Gasteiger partial charge in [-0.3, -0.25) is 4.99 Å². The highest BCUT2D eigenvalue weighted by Crippen LogP contribution is 2.31. The summed E-state index contributed by atoms with van der Waals surface area (Å²) >= 11 is 0. The molecule has 2 aliphatic carbocycles. The van der Waals surface area contributed by atoms with E-state index in [2.05, 4.69) is 36.9 Å². The van der Waals surface area contributed by atoms with E-state index in [9.17, 15) is 0 Å². The van der Waals surface area contributed by atoms with E-state index in [0.717, 1.165) is 0 Å². The van der Waals surface area contributed by atoms with Gasteiger partial charge in [-0.1, -0.05) is 18.2 Å². The summed E-state index contributed by atoms with van der Waals surface area (Å²) in [7, 11) is 0. The van der Waals surface area contributed by atoms with E-state index in [-0.39, 0.29) is 6.04 Å². The van der Waals surface area contributed by atoms with Gasteiger partial charge in [0.2, 0.25) is 0 Å². The molecule has 0 amide bonds. The summed E-state index contributed by atoms with van der Waals surface area (Å²) in [6.45, 7) is 5.75. The van der Waals surface area contributed by atoms with Gasteiger partial charge in [0.05, 0.1) is 6.04 Å². The van der Waals surface area contributed by atoms with Crippen LogP contribution in [0, 0.1) is 0 Å². The smallest absolute Gasteiger partial charge is 0.0886 e. The Morgan fingerprint density at radius 3 is 2.92 bits per heavy atom. The summed E-state index contributed by atoms with van der Waals surface area (Å²) in [4.78, 5) is 4.08. The Balaban J connectivity index is 2.36. The van der Waals surface area contributed by atoms with Crippen molar-refractivity contribution in [3.05, 3.63) is 34.9 Å². The average Bonchev–Trinajstić information content (AvgIpc) is 2.48. The van der Waals surface area contributed by atoms with Crippen LogP contribution in [0.25, 0.3) is 0 Å². The summed E-state index contributed by atoms with van der Waals surface area (Å²) in [5.74, 6) is 0. The number of hydrogen-bond donors (Lipinski definition) is 0. The van der Waals surface area contributed by atoms with Crippen molar-refractivity contribution in [2.45, 2.75) is 32.2 Å². The molecule has 2 aliphatic rings. The molecule has 0 saturated heterocycles. The Morgan fingerprint density at radius 1 is 1.38 bits per heavy atom. The van der Waals surface area contributed by atoms with Gasteiger partial charge in [0.1, 0.15) is 0 Å². The van der Waals surface area contributed by atoms with Gasteiger partial charge in [0.15, 0.2) is 0 Å². The molecule has 68 valence electrons. The van der Waals surface area contributed by atoms with E-state index in [1.807, 2.05) is 0 Å². The van der Waals surface area contributed by atoms with Gasteiger partial charge in [0, 0.05) is 0 Å². The first-order valence-electron chi connectivity index (χ1n) is 4.85. The number of nitrogens with zero attached hydrogens (tertiary/aromatic N) is 1. The van der Waals surface area contributed by atoms with Crippen molar-refractivity contribution in [3.63, 3.8) is 0 Å². The molecule has 1 unspecified atom stereocenters. The fourth-order valence-corrected chi connectivity index (χ4v) is 2.07. The van der Waals surface area contributed by atoms with Crippen LogP contribution in [0.4, 0.5) is 0 Å². The lowest BCUT2D eigenvalue weighted by Gasteiger charge is -2.05. The zero-order chi connectivity index (χ0) is 9.26. The molecule has 0 bridgehead atoms. The molecule has 0 heterocycles. The fourth-order valence-electron chi connectivity index (χ4n) is 2.07. The van der Waals surface area contributed by atoms with E-state index in [0.29, 0.717) is 0 Å². The first-order chi connectivity index (χ1) is 6.31. The lowest BCUT2D eigenvalue weighted by Crippen LogP contribution is -2.00. The van der Waals surface area contributed by atoms with Gasteiger partial charge in [-0.05, 0) is 49.6 Å². The molecule has 0 aromatic heterocycles. The minimum absolute atomic E-state index is 0.200. The SMILES string of the molecule is C=NC1C=CC2=C(C=C1C)CCC2. The summed E-state index contributed by atoms with van der Waals surface area (Å²) in [6.07, 6.45) is 10.5. The third-order valence-corrected chi connectivity index (χ3v) is 2.85. The third kappa shape index (κ3) is 1.51. The van der Waals surface area contributed by atoms with Crippen molar-refractivity contribution in [3.8, 4) is 0 Å². The maximum absolute atomic E-state index is 4.08. The molecule has 1 nitrogen and oxygen atoms in total. The lowest BCUT2D eigenvalue weighted by atomic mass is 10.1. The third-order valence-electron chi connectivity index (χ3n) is 2.85. The Labute approximate surface area is 79.6 Å². The van der Waals surface area contributed by atoms with Crippen molar-refractivity contribution < 1.29 is 0 Å². The molecule has 0 aliphatic heterocycles. The molecular formula is C12H15N. The molecule has 13 heavy (non-hydrogen) atoms. The summed E-state index contributed by atoms with van der Waals surface area (Å²) in [5, 5.41) is 0. The highest BCUT2D eigenvalue weighted by molar-refractivity contribution is 5.44. The van der Waals surface area contributed by atoms with Crippen LogP contribution in [-0.2, 0) is 0 Å². The second-order valence-electron chi connectivity index (χ2n) is 3.78. The molecule has 0 radical (unpaired) electrons. The van der Waals surface area contributed by atoms with Crippen LogP contribution in [0.2, 0.25) is 0 Å². The zero-order valence-corrected chi connectivity index (χ0v) is 8.09. The van der Waals surface area contributed by atoms with Gasteiger partial charge in [-0.15, -0.1) is 0 Å². The molecule has 1 atom stereocenters. The molecule has 2 rings (SSSR count). The minimum Gasteiger partial charge on any atom is -0.289 e. The molecule has 0 fully saturated rings. The predicted octanol–water partition coefficient (Wildman–Crippen LogP) is 3.05. The number of aliphatic imine (C=N–C) groups is 1. The Kier molecular flexibility index (Phi) is 2.17. The standard InChI is InChI=1S/C12H15N/c1-9-8-11-5-3-4-10(11)6-7-12(9)13-2/h6-8,12H,2-5H2,1H3. The van der Waals surface area contributed by atoms with E-state index in [1.165, 1.54) is 36.0 Å². The maximum atomic E-state index is 4.08. The molecule has 1 heteroatoms. The van der Waals surface area contributed by atoms with Crippen LogP contribution < -0.4 is 0 Å². The summed E-state index contributed by atoms with van der Waals surface area (Å²) in [5.41, 5.74) is 4.34. The van der Waals surface area contributed by atoms with Crippen LogP contribution in [0.3, 0.4) is 0 Å². The first kappa shape index (κ1) is 8.49. The second-order valence-corrected chi connectivity index (χ2v) is 3.78. The first-order valence-corrected chi connectivity index (χ1v) is 4.85. The number of rotatable bonds is 1. The van der Waals surface area contributed by atoms with Crippen molar-refractivity contribution >= 4 is 6.72 Å². The molecule has 0 N–H and O–H groups in total. The van der Waals surface area contributed by atoms with Crippen molar-refractivity contribution in [1.82, 2.24) is 0 Å². The van der Waals surface area contributed by atoms with E-state index < -0.39 is 0 Å². The fraction of sp³-hybridized carbons (Fsp3) is 0.417. The second kappa shape index (κ2) is 3.33. The monoisotopic (exact) mass is 173 g/mol. The lowest BCUT2D eigenvalue weighted by molar-refractivity contribution is 0.893. The highest BCUT2D eigenvalue weighted by Gasteiger charge is 2.15. The van der Waals surface area contributed by atoms with E-state index in [1.54, 1.807) is 0 Å². The summed E-state index contributed by atoms with van der Waals surface area (Å²) < 4.78 is 0. The number of allylic oxidation sites excluding steroid dienone is 4. The molecule has 0 aromatic rings. The zero-order valence-electron chi connectivity index (χ0n) is 8.09. The van der Waals surface area contributed by atoms with Crippen LogP contribution in [0.1, 0.15) is 26.2 Å². The molecule has 0 spiro atoms. The maximum Gasteiger partial charge on any atom is 0.0886 e. The van der Waals surface area contributed by atoms with Gasteiger partial charge in [-0.2, -0.15) is 0 Å². The minimum atomic E-state index is 0.200. The van der Waals surface area contributed by atoms with Crippen LogP contribution in [0.5, 0.6) is 0 Å². The highest BCUT2D eigenvalue weighted by atomic mass is 14.7. The Hall–Kier alpha value is -1.11. The van der Waals surface area contributed by atoms with E-state index in [4.69, 9.17) is 0 Å². The van der Waals surface area contributed by atoms with Crippen LogP contribution in [0.15, 0.2) is 39.9 Å². The van der Waals surface area contributed by atoms with Gasteiger partial charge >= 0.3 is 0 Å². The largest absolute Gasteiger partial charge is 0.289 e. The van der Waals surface area contributed by atoms with Crippen molar-refractivity contribution in [1.29, 1.82) is 0 Å². The van der Waals surface area contributed by atoms with Gasteiger partial charge in [-0.25, -0.2) is 0 Å². The van der Waals surface area contributed by atoms with Crippen LogP contribution in [-0.4, -0.2) is 12.8 Å². The predicted molar refractivity (Wildman–Crippen MR) is 57.1 cm³/mol. The van der Waals surface area contributed by atoms with Gasteiger partial charge in [0.25, 0.3) is 0 Å². The van der Waals surface area contributed by atoms with Crippen LogP contribution >= 0.6 is 0 Å². The Morgan fingerprint density at radius 2 is 2.15 bits per heavy atom. The van der Waals surface area contributed by atoms with Crippen molar-refractivity contribution in [2.75, 3.05) is 0 Å². The summed E-state index contributed by atoms with van der Waals surface area (Å²) in [6, 6.07) is 0.200. The average molecular weight is 173 g/mol. The number of hydrogen-bond acceptors (Lipinski definition) is 1. The van der Waals surface area contributed by atoms with Crippen molar-refractivity contribution in [2.24, 2.45) is 4.99 Å². The van der Waals surface area contributed by atoms with Gasteiger partial charge < -0.3 is 0 Å². The quantitative estimate of drug-likeness (QED) is 0.540.